The Morgan fingerprint density at radius 2 is 2.05 bits per heavy atom. The fourth-order valence-corrected chi connectivity index (χ4v) is 2.24. The third-order valence-corrected chi connectivity index (χ3v) is 3.60. The Balaban J connectivity index is 2.03. The molecule has 0 atom stereocenters. The van der Waals surface area contributed by atoms with Gasteiger partial charge in [-0.15, -0.1) is 0 Å². The van der Waals surface area contributed by atoms with Gasteiger partial charge in [-0.1, -0.05) is 26.0 Å². The highest BCUT2D eigenvalue weighted by Gasteiger charge is 2.12. The molecule has 0 radical (unpaired) electrons. The van der Waals surface area contributed by atoms with Gasteiger partial charge in [-0.3, -0.25) is 14.5 Å². The summed E-state index contributed by atoms with van der Waals surface area (Å²) >= 11 is 0. The van der Waals surface area contributed by atoms with Gasteiger partial charge in [0.15, 0.2) is 5.78 Å². The first-order valence-corrected chi connectivity index (χ1v) is 7.15. The molecule has 1 aromatic carbocycles. The van der Waals surface area contributed by atoms with E-state index < -0.39 is 0 Å². The van der Waals surface area contributed by atoms with Crippen LogP contribution < -0.4 is 0 Å². The molecule has 0 aliphatic rings. The number of rotatable bonds is 4. The molecule has 0 amide bonds. The Bertz CT molecular complexity index is 839. The molecule has 0 aliphatic heterocycles. The molecule has 2 heterocycles. The number of halogens is 1. The van der Waals surface area contributed by atoms with Crippen LogP contribution in [0, 0.1) is 11.7 Å². The summed E-state index contributed by atoms with van der Waals surface area (Å²) in [5.41, 5.74) is 3.04. The normalized spacial score (nSPS) is 11.3. The van der Waals surface area contributed by atoms with Crippen molar-refractivity contribution in [2.45, 2.75) is 20.4 Å². The Labute approximate surface area is 127 Å². The fraction of sp³-hybridized carbons (Fsp3) is 0.235. The van der Waals surface area contributed by atoms with Gasteiger partial charge in [0.2, 0.25) is 0 Å². The summed E-state index contributed by atoms with van der Waals surface area (Å²) in [6.07, 6.45) is 3.33. The van der Waals surface area contributed by atoms with Crippen molar-refractivity contribution in [2.24, 2.45) is 5.92 Å². The second kappa shape index (κ2) is 5.67. The van der Waals surface area contributed by atoms with Crippen LogP contribution in [0.5, 0.6) is 0 Å². The van der Waals surface area contributed by atoms with Crippen LogP contribution in [0.15, 0.2) is 42.7 Å². The second-order valence-corrected chi connectivity index (χ2v) is 5.56. The molecule has 0 bridgehead atoms. The van der Waals surface area contributed by atoms with E-state index in [1.807, 2.05) is 26.0 Å². The lowest BCUT2D eigenvalue weighted by Crippen LogP contribution is -2.16. The van der Waals surface area contributed by atoms with Gasteiger partial charge < -0.3 is 0 Å². The lowest BCUT2D eigenvalue weighted by atomic mass is 10.1. The molecule has 112 valence electrons. The number of hydrogen-bond acceptors (Lipinski definition) is 3. The zero-order valence-electron chi connectivity index (χ0n) is 12.5. The molecule has 0 unspecified atom stereocenters. The molecule has 5 heteroatoms. The van der Waals surface area contributed by atoms with Gasteiger partial charge in [-0.2, -0.15) is 5.10 Å². The van der Waals surface area contributed by atoms with E-state index in [-0.39, 0.29) is 24.1 Å². The molecule has 0 fully saturated rings. The summed E-state index contributed by atoms with van der Waals surface area (Å²) in [5, 5.41) is 4.23. The molecular weight excluding hydrogens is 281 g/mol. The van der Waals surface area contributed by atoms with E-state index in [2.05, 4.69) is 10.1 Å². The molecule has 0 saturated heterocycles. The summed E-state index contributed by atoms with van der Waals surface area (Å²) in [4.78, 5) is 16.3. The molecule has 4 nitrogen and oxygen atoms in total. The lowest BCUT2D eigenvalue weighted by Gasteiger charge is -2.07. The SMILES string of the molecule is CC(C)C(=O)Cn1ncc2ncc(-c3cccc(F)c3)cc21. The van der Waals surface area contributed by atoms with Gasteiger partial charge >= 0.3 is 0 Å². The van der Waals surface area contributed by atoms with Gasteiger partial charge in [0.05, 0.1) is 11.7 Å². The van der Waals surface area contributed by atoms with Crippen LogP contribution in [0.4, 0.5) is 4.39 Å². The lowest BCUT2D eigenvalue weighted by molar-refractivity contribution is -0.122. The number of fused-ring (bicyclic) bond motifs is 1. The quantitative estimate of drug-likeness (QED) is 0.741. The first kappa shape index (κ1) is 14.4. The molecule has 0 spiro atoms. The van der Waals surface area contributed by atoms with E-state index in [4.69, 9.17) is 0 Å². The van der Waals surface area contributed by atoms with Crippen LogP contribution in [-0.2, 0) is 11.3 Å². The number of carbonyl (C=O) groups is 1. The Morgan fingerprint density at radius 1 is 1.23 bits per heavy atom. The number of Topliss-reactive ketones (excluding diaryl/α,β-unsaturated/α-hetero) is 1. The maximum Gasteiger partial charge on any atom is 0.156 e. The minimum Gasteiger partial charge on any atom is -0.297 e. The maximum atomic E-state index is 13.4. The fourth-order valence-electron chi connectivity index (χ4n) is 2.24. The molecule has 0 saturated carbocycles. The molecule has 3 aromatic rings. The molecular formula is C17H16FN3O. The number of pyridine rings is 1. The van der Waals surface area contributed by atoms with Crippen molar-refractivity contribution in [2.75, 3.05) is 0 Å². The average Bonchev–Trinajstić information content (AvgIpc) is 2.89. The van der Waals surface area contributed by atoms with Gasteiger partial charge in [0.25, 0.3) is 0 Å². The van der Waals surface area contributed by atoms with E-state index in [1.54, 1.807) is 23.1 Å². The Kier molecular flexibility index (Phi) is 3.71. The summed E-state index contributed by atoms with van der Waals surface area (Å²) in [7, 11) is 0. The summed E-state index contributed by atoms with van der Waals surface area (Å²) < 4.78 is 15.0. The summed E-state index contributed by atoms with van der Waals surface area (Å²) in [6.45, 7) is 3.95. The highest BCUT2D eigenvalue weighted by atomic mass is 19.1. The van der Waals surface area contributed by atoms with Crippen molar-refractivity contribution < 1.29 is 9.18 Å². The molecule has 22 heavy (non-hydrogen) atoms. The highest BCUT2D eigenvalue weighted by molar-refractivity contribution is 5.84. The van der Waals surface area contributed by atoms with E-state index in [9.17, 15) is 9.18 Å². The Hall–Kier alpha value is -2.56. The number of benzene rings is 1. The summed E-state index contributed by atoms with van der Waals surface area (Å²) in [5.74, 6) is -0.221. The predicted octanol–water partition coefficient (Wildman–Crippen LogP) is 3.46. The molecule has 0 N–H and O–H groups in total. The monoisotopic (exact) mass is 297 g/mol. The van der Waals surface area contributed by atoms with Gasteiger partial charge in [-0.25, -0.2) is 4.39 Å². The first-order chi connectivity index (χ1) is 10.5. The van der Waals surface area contributed by atoms with Crippen molar-refractivity contribution in [3.63, 3.8) is 0 Å². The zero-order chi connectivity index (χ0) is 15.7. The predicted molar refractivity (Wildman–Crippen MR) is 82.8 cm³/mol. The van der Waals surface area contributed by atoms with Crippen molar-refractivity contribution in [1.29, 1.82) is 0 Å². The van der Waals surface area contributed by atoms with Gasteiger partial charge in [-0.05, 0) is 23.8 Å². The third-order valence-electron chi connectivity index (χ3n) is 3.60. The van der Waals surface area contributed by atoms with Crippen LogP contribution >= 0.6 is 0 Å². The van der Waals surface area contributed by atoms with Crippen LogP contribution in [0.2, 0.25) is 0 Å². The van der Waals surface area contributed by atoms with E-state index in [0.29, 0.717) is 0 Å². The van der Waals surface area contributed by atoms with Crippen molar-refractivity contribution in [3.05, 3.63) is 48.5 Å². The van der Waals surface area contributed by atoms with Gasteiger partial charge in [0.1, 0.15) is 17.9 Å². The van der Waals surface area contributed by atoms with Crippen molar-refractivity contribution in [3.8, 4) is 11.1 Å². The summed E-state index contributed by atoms with van der Waals surface area (Å²) in [6, 6.07) is 8.24. The van der Waals surface area contributed by atoms with Crippen LogP contribution in [0.3, 0.4) is 0 Å². The number of carbonyl (C=O) groups excluding carboxylic acids is 1. The second-order valence-electron chi connectivity index (χ2n) is 5.56. The zero-order valence-corrected chi connectivity index (χ0v) is 12.5. The van der Waals surface area contributed by atoms with E-state index in [0.717, 1.165) is 22.2 Å². The molecule has 0 aliphatic carbocycles. The highest BCUT2D eigenvalue weighted by Crippen LogP contribution is 2.23. The van der Waals surface area contributed by atoms with E-state index >= 15 is 0 Å². The number of aromatic nitrogens is 3. The largest absolute Gasteiger partial charge is 0.297 e. The maximum absolute atomic E-state index is 13.4. The van der Waals surface area contributed by atoms with Crippen molar-refractivity contribution in [1.82, 2.24) is 14.8 Å². The number of ketones is 1. The minimum atomic E-state index is -0.291. The van der Waals surface area contributed by atoms with Crippen LogP contribution in [-0.4, -0.2) is 20.5 Å². The van der Waals surface area contributed by atoms with Gasteiger partial charge in [0, 0.05) is 17.7 Å². The van der Waals surface area contributed by atoms with Crippen LogP contribution in [0.1, 0.15) is 13.8 Å². The third kappa shape index (κ3) is 2.74. The first-order valence-electron chi connectivity index (χ1n) is 7.15. The molecule has 2 aromatic heterocycles. The smallest absolute Gasteiger partial charge is 0.156 e. The average molecular weight is 297 g/mol. The topological polar surface area (TPSA) is 47.8 Å². The van der Waals surface area contributed by atoms with Crippen molar-refractivity contribution >= 4 is 16.8 Å². The van der Waals surface area contributed by atoms with E-state index in [1.165, 1.54) is 12.1 Å². The minimum absolute atomic E-state index is 0.0430. The molecule has 3 rings (SSSR count). The Morgan fingerprint density at radius 3 is 2.77 bits per heavy atom. The number of hydrogen-bond donors (Lipinski definition) is 0. The van der Waals surface area contributed by atoms with Crippen LogP contribution in [0.25, 0.3) is 22.2 Å². The standard InChI is InChI=1S/C17H16FN3O/c1-11(2)17(22)10-21-16-7-13(8-19-15(16)9-20-21)12-4-3-5-14(18)6-12/h3-9,11H,10H2,1-2H3. The number of nitrogens with zero attached hydrogens (tertiary/aromatic N) is 3.